The van der Waals surface area contributed by atoms with Crippen LogP contribution in [-0.2, 0) is 17.4 Å². The number of hydrogen-bond acceptors (Lipinski definition) is 0. The Labute approximate surface area is 122 Å². The maximum absolute atomic E-state index is 2.84. The summed E-state index contributed by atoms with van der Waals surface area (Å²) in [6.45, 7) is 6.73. The molecule has 0 aliphatic heterocycles. The first-order chi connectivity index (χ1) is 5.66. The van der Waals surface area contributed by atoms with Crippen molar-refractivity contribution in [3.05, 3.63) is 23.3 Å². The van der Waals surface area contributed by atoms with Crippen LogP contribution >= 0.6 is 0 Å². The van der Waals surface area contributed by atoms with E-state index in [1.54, 1.807) is 5.57 Å². The van der Waals surface area contributed by atoms with Crippen molar-refractivity contribution in [2.45, 2.75) is 44.2 Å². The van der Waals surface area contributed by atoms with Crippen molar-refractivity contribution in [2.75, 3.05) is 0 Å². The van der Waals surface area contributed by atoms with Gasteiger partial charge in [-0.25, -0.2) is 0 Å². The minimum absolute atomic E-state index is 0. The Morgan fingerprint density at radius 2 is 1.60 bits per heavy atom. The summed E-state index contributed by atoms with van der Waals surface area (Å²) in [4.78, 5) is 0. The standard InChI is InChI=1S/C11H17.3ClH.V/c1-4-9-7-10(5-2)11(6-3)8-9;;;;/h7-8H,4-6H2,1-3H3;3*1H;/q;;;;+3/p-3. The predicted octanol–water partition coefficient (Wildman–Crippen LogP) is -5.20. The largest absolute Gasteiger partial charge is 1.00 e. The van der Waals surface area contributed by atoms with Gasteiger partial charge in [-0.05, 0) is 0 Å². The van der Waals surface area contributed by atoms with Gasteiger partial charge >= 0.3 is 84.9 Å². The van der Waals surface area contributed by atoms with Crippen LogP contribution in [0.2, 0.25) is 4.13 Å². The first-order valence-corrected chi connectivity index (χ1v) is 5.51. The molecule has 1 unspecified atom stereocenters. The van der Waals surface area contributed by atoms with E-state index in [2.05, 4.69) is 50.3 Å². The molecule has 0 N–H and O–H groups in total. The summed E-state index contributed by atoms with van der Waals surface area (Å²) in [5, 5.41) is 0. The van der Waals surface area contributed by atoms with Crippen molar-refractivity contribution < 1.29 is 54.6 Å². The quantitative estimate of drug-likeness (QED) is 0.489. The van der Waals surface area contributed by atoms with Crippen LogP contribution in [0.3, 0.4) is 0 Å². The molecular weight excluding hydrogens is 289 g/mol. The Balaban J connectivity index is -0.000000480. The Hall–Kier alpha value is 0.934. The van der Waals surface area contributed by atoms with E-state index < -0.39 is 0 Å². The van der Waals surface area contributed by atoms with Gasteiger partial charge in [0.2, 0.25) is 0 Å². The van der Waals surface area contributed by atoms with E-state index in [4.69, 9.17) is 0 Å². The van der Waals surface area contributed by atoms with Gasteiger partial charge in [0.25, 0.3) is 0 Å². The van der Waals surface area contributed by atoms with Crippen LogP contribution < -0.4 is 37.2 Å². The molecular formula is C11H17Cl3V. The zero-order valence-corrected chi connectivity index (χ0v) is 13.0. The number of halogens is 3. The fourth-order valence-corrected chi connectivity index (χ4v) is 2.34. The maximum Gasteiger partial charge on any atom is -1.00 e. The maximum atomic E-state index is 2.84. The van der Waals surface area contributed by atoms with Crippen molar-refractivity contribution in [1.82, 2.24) is 0 Å². The van der Waals surface area contributed by atoms with Gasteiger partial charge in [0.15, 0.2) is 0 Å². The molecule has 1 aliphatic rings. The topological polar surface area (TPSA) is 0 Å². The molecule has 1 aliphatic carbocycles. The molecule has 0 aromatic carbocycles. The van der Waals surface area contributed by atoms with E-state index in [9.17, 15) is 0 Å². The molecule has 0 heterocycles. The first kappa shape index (κ1) is 21.2. The van der Waals surface area contributed by atoms with Crippen LogP contribution in [0.4, 0.5) is 0 Å². The number of allylic oxidation sites excluding steroid dienone is 4. The van der Waals surface area contributed by atoms with Crippen LogP contribution in [0, 0.1) is 0 Å². The Bertz CT molecular complexity index is 236. The third-order valence-electron chi connectivity index (χ3n) is 2.67. The van der Waals surface area contributed by atoms with Gasteiger partial charge in [0.05, 0.1) is 0 Å². The van der Waals surface area contributed by atoms with Crippen molar-refractivity contribution >= 4 is 0 Å². The van der Waals surface area contributed by atoms with Crippen molar-refractivity contribution in [3.63, 3.8) is 0 Å². The van der Waals surface area contributed by atoms with Crippen LogP contribution in [0.1, 0.15) is 40.0 Å². The van der Waals surface area contributed by atoms with Crippen molar-refractivity contribution in [1.29, 1.82) is 0 Å². The Morgan fingerprint density at radius 3 is 1.87 bits per heavy atom. The third-order valence-corrected chi connectivity index (χ3v) is 3.81. The van der Waals surface area contributed by atoms with E-state index in [1.165, 1.54) is 24.8 Å². The zero-order chi connectivity index (χ0) is 9.19. The van der Waals surface area contributed by atoms with Crippen LogP contribution in [-0.4, -0.2) is 0 Å². The van der Waals surface area contributed by atoms with E-state index in [0.717, 1.165) is 0 Å². The first-order valence-electron chi connectivity index (χ1n) is 4.81. The Kier molecular flexibility index (Phi) is 12.8. The van der Waals surface area contributed by atoms with Crippen LogP contribution in [0.5, 0.6) is 0 Å². The summed E-state index contributed by atoms with van der Waals surface area (Å²) in [7, 11) is 0. The van der Waals surface area contributed by atoms with E-state index >= 15 is 0 Å². The van der Waals surface area contributed by atoms with Crippen LogP contribution in [0.15, 0.2) is 23.3 Å². The molecule has 0 radical (unpaired) electrons. The summed E-state index contributed by atoms with van der Waals surface area (Å²) in [6, 6.07) is 0. The summed E-state index contributed by atoms with van der Waals surface area (Å²) in [6.07, 6.45) is 8.36. The number of rotatable bonds is 3. The molecule has 0 bridgehead atoms. The fraction of sp³-hybridized carbons (Fsp3) is 0.636. The summed E-state index contributed by atoms with van der Waals surface area (Å²) in [5.41, 5.74) is 3.09. The van der Waals surface area contributed by atoms with E-state index in [1.807, 2.05) is 0 Å². The monoisotopic (exact) mass is 305 g/mol. The van der Waals surface area contributed by atoms with Crippen molar-refractivity contribution in [2.24, 2.45) is 0 Å². The molecule has 4 heteroatoms. The second-order valence-electron chi connectivity index (χ2n) is 3.37. The Morgan fingerprint density at radius 1 is 1.07 bits per heavy atom. The van der Waals surface area contributed by atoms with Gasteiger partial charge < -0.3 is 37.2 Å². The van der Waals surface area contributed by atoms with Crippen molar-refractivity contribution in [3.8, 4) is 0 Å². The minimum Gasteiger partial charge on any atom is -1.00 e. The van der Waals surface area contributed by atoms with E-state index in [-0.39, 0.29) is 37.2 Å². The molecule has 0 spiro atoms. The molecule has 0 amide bonds. The summed E-state index contributed by atoms with van der Waals surface area (Å²) < 4.78 is 0.313. The third kappa shape index (κ3) is 4.75. The summed E-state index contributed by atoms with van der Waals surface area (Å²) in [5.74, 6) is 0. The smallest absolute Gasteiger partial charge is 1.00 e. The van der Waals surface area contributed by atoms with Gasteiger partial charge in [-0.2, -0.15) is 0 Å². The number of hydrogen-bond donors (Lipinski definition) is 0. The van der Waals surface area contributed by atoms with Gasteiger partial charge in [-0.1, -0.05) is 0 Å². The molecule has 0 saturated carbocycles. The molecule has 15 heavy (non-hydrogen) atoms. The molecule has 0 nitrogen and oxygen atoms in total. The van der Waals surface area contributed by atoms with E-state index in [0.29, 0.717) is 4.13 Å². The molecule has 0 fully saturated rings. The molecule has 1 rings (SSSR count). The predicted molar refractivity (Wildman–Crippen MR) is 49.7 cm³/mol. The average molecular weight is 307 g/mol. The van der Waals surface area contributed by atoms with Gasteiger partial charge in [-0.15, -0.1) is 0 Å². The molecule has 0 saturated heterocycles. The second kappa shape index (κ2) is 9.02. The van der Waals surface area contributed by atoms with Gasteiger partial charge in [0.1, 0.15) is 0 Å². The summed E-state index contributed by atoms with van der Waals surface area (Å²) >= 11 is 2.84. The molecule has 87 valence electrons. The zero-order valence-electron chi connectivity index (χ0n) is 9.36. The van der Waals surface area contributed by atoms with Crippen LogP contribution in [0.25, 0.3) is 0 Å². The molecule has 0 aromatic rings. The molecule has 0 aromatic heterocycles. The second-order valence-corrected chi connectivity index (χ2v) is 4.62. The molecule has 1 atom stereocenters. The minimum atomic E-state index is 0. The fourth-order valence-electron chi connectivity index (χ4n) is 1.73. The van der Waals surface area contributed by atoms with Gasteiger partial charge in [0, 0.05) is 0 Å². The van der Waals surface area contributed by atoms with Gasteiger partial charge in [-0.3, -0.25) is 0 Å². The normalized spacial score (nSPS) is 23.0. The average Bonchev–Trinajstić information content (AvgIpc) is 2.43. The SMILES string of the molecule is CCC1=C[C]([V+3])(CC)C(CC)=C1.[Cl-].[Cl-].[Cl-].